The number of halogens is 2. The molecule has 0 radical (unpaired) electrons. The first-order valence-electron chi connectivity index (χ1n) is 6.18. The molecular formula is C15H14F2N2O2. The lowest BCUT2D eigenvalue weighted by atomic mass is 10.1. The van der Waals surface area contributed by atoms with E-state index in [1.165, 1.54) is 7.11 Å². The van der Waals surface area contributed by atoms with E-state index in [4.69, 9.17) is 10.5 Å². The molecule has 0 aliphatic carbocycles. The molecule has 1 amide bonds. The molecule has 0 heterocycles. The number of nitrogens with one attached hydrogen (secondary N) is 1. The molecule has 21 heavy (non-hydrogen) atoms. The third-order valence-electron chi connectivity index (χ3n) is 2.93. The minimum absolute atomic E-state index is 0.249. The van der Waals surface area contributed by atoms with Crippen molar-refractivity contribution >= 4 is 11.6 Å². The van der Waals surface area contributed by atoms with Crippen LogP contribution in [0.4, 0.5) is 14.5 Å². The van der Waals surface area contributed by atoms with Crippen LogP contribution in [-0.4, -0.2) is 13.0 Å². The molecule has 0 aromatic heterocycles. The molecule has 0 unspecified atom stereocenters. The first-order valence-corrected chi connectivity index (χ1v) is 6.18. The van der Waals surface area contributed by atoms with Gasteiger partial charge in [0.25, 0.3) is 5.91 Å². The summed E-state index contributed by atoms with van der Waals surface area (Å²) in [6.45, 7) is 0.331. The summed E-state index contributed by atoms with van der Waals surface area (Å²) in [7, 11) is 1.45. The van der Waals surface area contributed by atoms with Gasteiger partial charge in [-0.15, -0.1) is 0 Å². The summed E-state index contributed by atoms with van der Waals surface area (Å²) in [5.74, 6) is -1.95. The number of nitrogens with two attached hydrogens (primary N) is 1. The zero-order chi connectivity index (χ0) is 15.4. The minimum atomic E-state index is -0.926. The molecular weight excluding hydrogens is 278 g/mol. The van der Waals surface area contributed by atoms with Gasteiger partial charge in [0.15, 0.2) is 0 Å². The van der Waals surface area contributed by atoms with Gasteiger partial charge in [0.1, 0.15) is 17.4 Å². The van der Waals surface area contributed by atoms with Crippen molar-refractivity contribution in [3.63, 3.8) is 0 Å². The fourth-order valence-electron chi connectivity index (χ4n) is 1.83. The molecule has 0 bridgehead atoms. The molecule has 6 heteroatoms. The maximum Gasteiger partial charge on any atom is 0.258 e. The molecule has 0 atom stereocenters. The summed E-state index contributed by atoms with van der Waals surface area (Å²) in [6, 6.07) is 7.77. The highest BCUT2D eigenvalue weighted by atomic mass is 19.1. The Labute approximate surface area is 120 Å². The summed E-state index contributed by atoms with van der Waals surface area (Å²) in [5.41, 5.74) is 6.48. The number of hydrogen-bond donors (Lipinski definition) is 2. The van der Waals surface area contributed by atoms with E-state index in [1.807, 2.05) is 0 Å². The predicted octanol–water partition coefficient (Wildman–Crippen LogP) is 2.68. The third-order valence-corrected chi connectivity index (χ3v) is 2.93. The lowest BCUT2D eigenvalue weighted by Gasteiger charge is -2.12. The Hall–Kier alpha value is -2.47. The van der Waals surface area contributed by atoms with E-state index in [0.29, 0.717) is 24.0 Å². The molecule has 110 valence electrons. The van der Waals surface area contributed by atoms with Crippen LogP contribution in [0.3, 0.4) is 0 Å². The first kappa shape index (κ1) is 14.9. The molecule has 2 aromatic rings. The average molecular weight is 292 g/mol. The van der Waals surface area contributed by atoms with Gasteiger partial charge in [-0.2, -0.15) is 0 Å². The number of benzene rings is 2. The van der Waals surface area contributed by atoms with E-state index in [9.17, 15) is 13.6 Å². The van der Waals surface area contributed by atoms with Crippen LogP contribution in [0, 0.1) is 11.6 Å². The lowest BCUT2D eigenvalue weighted by Crippen LogP contribution is -2.14. The van der Waals surface area contributed by atoms with Crippen LogP contribution in [0.5, 0.6) is 5.75 Å². The Morgan fingerprint density at radius 2 is 2.00 bits per heavy atom. The summed E-state index contributed by atoms with van der Waals surface area (Å²) in [5, 5.41) is 2.52. The van der Waals surface area contributed by atoms with Crippen LogP contribution in [0.15, 0.2) is 36.4 Å². The molecule has 0 saturated heterocycles. The lowest BCUT2D eigenvalue weighted by molar-refractivity contribution is 0.102. The molecule has 0 fully saturated rings. The smallest absolute Gasteiger partial charge is 0.258 e. The Bertz CT molecular complexity index is 675. The van der Waals surface area contributed by atoms with Gasteiger partial charge in [-0.05, 0) is 29.8 Å². The highest BCUT2D eigenvalue weighted by molar-refractivity contribution is 6.05. The summed E-state index contributed by atoms with van der Waals surface area (Å²) >= 11 is 0. The minimum Gasteiger partial charge on any atom is -0.495 e. The van der Waals surface area contributed by atoms with Crippen molar-refractivity contribution in [1.29, 1.82) is 0 Å². The maximum atomic E-state index is 13.6. The summed E-state index contributed by atoms with van der Waals surface area (Å²) in [4.78, 5) is 12.0. The van der Waals surface area contributed by atoms with Crippen molar-refractivity contribution in [2.24, 2.45) is 5.73 Å². The third kappa shape index (κ3) is 3.35. The molecule has 3 N–H and O–H groups in total. The zero-order valence-electron chi connectivity index (χ0n) is 11.3. The Morgan fingerprint density at radius 3 is 2.62 bits per heavy atom. The van der Waals surface area contributed by atoms with Gasteiger partial charge in [-0.3, -0.25) is 4.79 Å². The van der Waals surface area contributed by atoms with E-state index in [-0.39, 0.29) is 5.56 Å². The number of rotatable bonds is 4. The van der Waals surface area contributed by atoms with Gasteiger partial charge in [0.05, 0.1) is 18.4 Å². The monoisotopic (exact) mass is 292 g/mol. The fourth-order valence-corrected chi connectivity index (χ4v) is 1.83. The van der Waals surface area contributed by atoms with Crippen molar-refractivity contribution in [1.82, 2.24) is 0 Å². The van der Waals surface area contributed by atoms with Crippen molar-refractivity contribution in [2.45, 2.75) is 6.54 Å². The number of ether oxygens (including phenoxy) is 1. The Morgan fingerprint density at radius 1 is 1.24 bits per heavy atom. The van der Waals surface area contributed by atoms with Crippen molar-refractivity contribution < 1.29 is 18.3 Å². The first-order chi connectivity index (χ1) is 10.0. The van der Waals surface area contributed by atoms with Crippen LogP contribution in [0.25, 0.3) is 0 Å². The van der Waals surface area contributed by atoms with Gasteiger partial charge >= 0.3 is 0 Å². The Kier molecular flexibility index (Phi) is 4.49. The van der Waals surface area contributed by atoms with Gasteiger partial charge in [0.2, 0.25) is 0 Å². The number of hydrogen-bond acceptors (Lipinski definition) is 3. The topological polar surface area (TPSA) is 64.3 Å². The number of anilines is 1. The largest absolute Gasteiger partial charge is 0.495 e. The van der Waals surface area contributed by atoms with Crippen LogP contribution >= 0.6 is 0 Å². The van der Waals surface area contributed by atoms with E-state index < -0.39 is 17.5 Å². The standard InChI is InChI=1S/C15H14F2N2O2/c1-21-14-6-9(8-18)2-5-13(14)19-15(20)11-4-3-10(16)7-12(11)17/h2-7H,8,18H2,1H3,(H,19,20). The SMILES string of the molecule is COc1cc(CN)ccc1NC(=O)c1ccc(F)cc1F. The molecule has 2 aromatic carbocycles. The van der Waals surface area contributed by atoms with Crippen LogP contribution in [-0.2, 0) is 6.54 Å². The number of amides is 1. The number of methoxy groups -OCH3 is 1. The second-order valence-corrected chi connectivity index (χ2v) is 4.32. The summed E-state index contributed by atoms with van der Waals surface area (Å²) in [6.07, 6.45) is 0. The van der Waals surface area contributed by atoms with E-state index >= 15 is 0 Å². The van der Waals surface area contributed by atoms with Gasteiger partial charge in [-0.25, -0.2) is 8.78 Å². The van der Waals surface area contributed by atoms with Crippen molar-refractivity contribution in [2.75, 3.05) is 12.4 Å². The predicted molar refractivity (Wildman–Crippen MR) is 75.2 cm³/mol. The zero-order valence-corrected chi connectivity index (χ0v) is 11.3. The highest BCUT2D eigenvalue weighted by Crippen LogP contribution is 2.26. The van der Waals surface area contributed by atoms with Crippen LogP contribution in [0.2, 0.25) is 0 Å². The molecule has 4 nitrogen and oxygen atoms in total. The van der Waals surface area contributed by atoms with E-state index in [0.717, 1.165) is 17.7 Å². The van der Waals surface area contributed by atoms with E-state index in [1.54, 1.807) is 18.2 Å². The molecule has 0 spiro atoms. The molecule has 0 saturated carbocycles. The van der Waals surface area contributed by atoms with Crippen molar-refractivity contribution in [3.8, 4) is 5.75 Å². The normalized spacial score (nSPS) is 10.3. The Balaban J connectivity index is 2.27. The highest BCUT2D eigenvalue weighted by Gasteiger charge is 2.14. The fraction of sp³-hybridized carbons (Fsp3) is 0.133. The quantitative estimate of drug-likeness (QED) is 0.910. The second kappa shape index (κ2) is 6.32. The van der Waals surface area contributed by atoms with Crippen LogP contribution in [0.1, 0.15) is 15.9 Å². The number of carbonyl (C=O) groups is 1. The second-order valence-electron chi connectivity index (χ2n) is 4.32. The summed E-state index contributed by atoms with van der Waals surface area (Å²) < 4.78 is 31.5. The van der Waals surface area contributed by atoms with Crippen molar-refractivity contribution in [3.05, 3.63) is 59.2 Å². The van der Waals surface area contributed by atoms with Gasteiger partial charge < -0.3 is 15.8 Å². The van der Waals surface area contributed by atoms with E-state index in [2.05, 4.69) is 5.32 Å². The van der Waals surface area contributed by atoms with Gasteiger partial charge in [-0.1, -0.05) is 6.07 Å². The number of carbonyl (C=O) groups excluding carboxylic acids is 1. The molecule has 0 aliphatic rings. The molecule has 2 rings (SSSR count). The molecule has 0 aliphatic heterocycles. The van der Waals surface area contributed by atoms with Crippen LogP contribution < -0.4 is 15.8 Å². The maximum absolute atomic E-state index is 13.6. The average Bonchev–Trinajstić information content (AvgIpc) is 2.47. The van der Waals surface area contributed by atoms with Gasteiger partial charge in [0, 0.05) is 12.6 Å².